The second kappa shape index (κ2) is 5.14. The van der Waals surface area contributed by atoms with Gasteiger partial charge in [0.05, 0.1) is 5.60 Å². The molecule has 1 heterocycles. The summed E-state index contributed by atoms with van der Waals surface area (Å²) >= 11 is 0. The van der Waals surface area contributed by atoms with E-state index in [1.54, 1.807) is 0 Å². The molecular formula is C10H17BF2N2O2. The number of nitrogens with zero attached hydrogens (tertiary/aromatic N) is 2. The Hall–Kier alpha value is -0.945. The minimum absolute atomic E-state index is 0.183. The number of aromatic nitrogens is 2. The van der Waals surface area contributed by atoms with Crippen LogP contribution in [0.15, 0.2) is 12.4 Å². The Morgan fingerprint density at radius 3 is 2.47 bits per heavy atom. The molecule has 0 unspecified atom stereocenters. The van der Waals surface area contributed by atoms with E-state index in [1.165, 1.54) is 6.20 Å². The number of hydrogen-bond donors (Lipinski definition) is 1. The standard InChI is InChI=1S/C10H17BF2N2O2/c1-7(2)10(3,4)17-11(16)8-5-14-15(6-8)9(12)13/h5-7,9,16H,1-4H3. The second-order valence-corrected chi connectivity index (χ2v) is 4.76. The highest BCUT2D eigenvalue weighted by molar-refractivity contribution is 6.59. The molecule has 0 saturated carbocycles. The van der Waals surface area contributed by atoms with Crippen LogP contribution in [0.1, 0.15) is 34.2 Å². The smallest absolute Gasteiger partial charge is 0.423 e. The van der Waals surface area contributed by atoms with E-state index in [0.717, 1.165) is 6.20 Å². The molecule has 0 radical (unpaired) electrons. The Balaban J connectivity index is 2.73. The number of alkyl halides is 2. The first-order chi connectivity index (χ1) is 7.74. The molecule has 4 nitrogen and oxygen atoms in total. The van der Waals surface area contributed by atoms with Gasteiger partial charge in [-0.1, -0.05) is 13.8 Å². The van der Waals surface area contributed by atoms with Crippen LogP contribution in [0.2, 0.25) is 0 Å². The van der Waals surface area contributed by atoms with Gasteiger partial charge < -0.3 is 9.68 Å². The molecule has 1 aromatic rings. The zero-order valence-corrected chi connectivity index (χ0v) is 10.4. The van der Waals surface area contributed by atoms with Gasteiger partial charge >= 0.3 is 13.7 Å². The minimum Gasteiger partial charge on any atom is -0.423 e. The molecule has 1 N–H and O–H groups in total. The highest BCUT2D eigenvalue weighted by Gasteiger charge is 2.31. The predicted molar refractivity (Wildman–Crippen MR) is 61.1 cm³/mol. The maximum absolute atomic E-state index is 12.3. The minimum atomic E-state index is -2.71. The van der Waals surface area contributed by atoms with E-state index in [2.05, 4.69) is 5.10 Å². The van der Waals surface area contributed by atoms with Crippen molar-refractivity contribution in [2.45, 2.75) is 39.8 Å². The van der Waals surface area contributed by atoms with E-state index >= 15 is 0 Å². The maximum atomic E-state index is 12.3. The molecule has 1 aromatic heterocycles. The Kier molecular flexibility index (Phi) is 4.27. The molecule has 1 rings (SSSR count). The molecule has 0 saturated heterocycles. The number of rotatable bonds is 5. The van der Waals surface area contributed by atoms with Crippen LogP contribution in [0, 0.1) is 5.92 Å². The first kappa shape index (κ1) is 14.1. The predicted octanol–water partition coefficient (Wildman–Crippen LogP) is 1.42. The molecule has 96 valence electrons. The highest BCUT2D eigenvalue weighted by Crippen LogP contribution is 2.20. The van der Waals surface area contributed by atoms with E-state index in [0.29, 0.717) is 4.68 Å². The van der Waals surface area contributed by atoms with Gasteiger partial charge in [-0.25, -0.2) is 4.68 Å². The molecule has 0 fully saturated rings. The van der Waals surface area contributed by atoms with E-state index in [1.807, 2.05) is 27.7 Å². The van der Waals surface area contributed by atoms with Crippen LogP contribution in [-0.4, -0.2) is 27.5 Å². The summed E-state index contributed by atoms with van der Waals surface area (Å²) in [5.74, 6) is 0.183. The molecule has 0 aromatic carbocycles. The van der Waals surface area contributed by atoms with E-state index in [-0.39, 0.29) is 11.4 Å². The summed E-state index contributed by atoms with van der Waals surface area (Å²) in [5, 5.41) is 13.2. The van der Waals surface area contributed by atoms with Crippen molar-refractivity contribution in [3.63, 3.8) is 0 Å². The Morgan fingerprint density at radius 1 is 1.47 bits per heavy atom. The average Bonchev–Trinajstić information content (AvgIpc) is 2.65. The fraction of sp³-hybridized carbons (Fsp3) is 0.700. The monoisotopic (exact) mass is 246 g/mol. The van der Waals surface area contributed by atoms with Crippen LogP contribution in [0.3, 0.4) is 0 Å². The normalized spacial score (nSPS) is 12.5. The van der Waals surface area contributed by atoms with E-state index in [4.69, 9.17) is 4.65 Å². The van der Waals surface area contributed by atoms with Crippen molar-refractivity contribution in [3.05, 3.63) is 12.4 Å². The third-order valence-electron chi connectivity index (χ3n) is 2.91. The van der Waals surface area contributed by atoms with Gasteiger partial charge in [-0.05, 0) is 19.8 Å². The van der Waals surface area contributed by atoms with Gasteiger partial charge in [0.2, 0.25) is 0 Å². The van der Waals surface area contributed by atoms with Gasteiger partial charge in [0.15, 0.2) is 0 Å². The SMILES string of the molecule is CC(C)C(C)(C)OB(O)c1cnn(C(F)F)c1. The van der Waals surface area contributed by atoms with Gasteiger partial charge in [0.1, 0.15) is 0 Å². The summed E-state index contributed by atoms with van der Waals surface area (Å²) in [7, 11) is -1.25. The van der Waals surface area contributed by atoms with Crippen molar-refractivity contribution in [1.82, 2.24) is 9.78 Å². The third-order valence-corrected chi connectivity index (χ3v) is 2.91. The van der Waals surface area contributed by atoms with Gasteiger partial charge in [-0.15, -0.1) is 0 Å². The van der Waals surface area contributed by atoms with E-state index < -0.39 is 19.3 Å². The van der Waals surface area contributed by atoms with E-state index in [9.17, 15) is 13.8 Å². The molecule has 17 heavy (non-hydrogen) atoms. The molecule has 0 atom stereocenters. The summed E-state index contributed by atoms with van der Waals surface area (Å²) in [6, 6.07) is 0. The van der Waals surface area contributed by atoms with Crippen LogP contribution < -0.4 is 5.46 Å². The molecule has 0 spiro atoms. The lowest BCUT2D eigenvalue weighted by atomic mass is 9.79. The van der Waals surface area contributed by atoms with Gasteiger partial charge in [-0.3, -0.25) is 0 Å². The summed E-state index contributed by atoms with van der Waals surface area (Å²) < 4.78 is 30.5. The zero-order chi connectivity index (χ0) is 13.2. The van der Waals surface area contributed by atoms with Crippen molar-refractivity contribution < 1.29 is 18.5 Å². The zero-order valence-electron chi connectivity index (χ0n) is 10.4. The van der Waals surface area contributed by atoms with Gasteiger partial charge in [0, 0.05) is 17.9 Å². The molecule has 0 aliphatic carbocycles. The van der Waals surface area contributed by atoms with Gasteiger partial charge in [0.25, 0.3) is 0 Å². The fourth-order valence-electron chi connectivity index (χ4n) is 1.08. The number of halogens is 2. The van der Waals surface area contributed by atoms with Crippen LogP contribution in [0.4, 0.5) is 8.78 Å². The topological polar surface area (TPSA) is 47.3 Å². The summed E-state index contributed by atoms with van der Waals surface area (Å²) in [4.78, 5) is 0. The van der Waals surface area contributed by atoms with Crippen LogP contribution in [0.5, 0.6) is 0 Å². The molecule has 0 aliphatic heterocycles. The Labute approximate surface area is 99.7 Å². The highest BCUT2D eigenvalue weighted by atomic mass is 19.3. The molecular weight excluding hydrogens is 229 g/mol. The Bertz CT molecular complexity index is 369. The fourth-order valence-corrected chi connectivity index (χ4v) is 1.08. The molecule has 0 amide bonds. The number of hydrogen-bond acceptors (Lipinski definition) is 3. The van der Waals surface area contributed by atoms with Crippen molar-refractivity contribution in [3.8, 4) is 0 Å². The summed E-state index contributed by atoms with van der Waals surface area (Å²) in [5.41, 5.74) is -0.328. The largest absolute Gasteiger partial charge is 0.494 e. The third kappa shape index (κ3) is 3.51. The lowest BCUT2D eigenvalue weighted by molar-refractivity contribution is 0.0422. The maximum Gasteiger partial charge on any atom is 0.494 e. The summed E-state index contributed by atoms with van der Waals surface area (Å²) in [6.07, 6.45) is 2.25. The first-order valence-corrected chi connectivity index (χ1v) is 5.42. The average molecular weight is 246 g/mol. The Morgan fingerprint density at radius 2 is 2.06 bits per heavy atom. The second-order valence-electron chi connectivity index (χ2n) is 4.76. The van der Waals surface area contributed by atoms with Gasteiger partial charge in [-0.2, -0.15) is 13.9 Å². The lowest BCUT2D eigenvalue weighted by Gasteiger charge is -2.31. The van der Waals surface area contributed by atoms with Crippen molar-refractivity contribution >= 4 is 12.6 Å². The first-order valence-electron chi connectivity index (χ1n) is 5.42. The summed E-state index contributed by atoms with van der Waals surface area (Å²) in [6.45, 7) is 4.86. The molecule has 7 heteroatoms. The van der Waals surface area contributed by atoms with Crippen LogP contribution >= 0.6 is 0 Å². The van der Waals surface area contributed by atoms with Crippen LogP contribution in [0.25, 0.3) is 0 Å². The van der Waals surface area contributed by atoms with Crippen molar-refractivity contribution in [2.75, 3.05) is 0 Å². The lowest BCUT2D eigenvalue weighted by Crippen LogP contribution is -2.44. The molecule has 0 aliphatic rings. The quantitative estimate of drug-likeness (QED) is 0.799. The van der Waals surface area contributed by atoms with Crippen molar-refractivity contribution in [2.24, 2.45) is 5.92 Å². The van der Waals surface area contributed by atoms with Crippen molar-refractivity contribution in [1.29, 1.82) is 0 Å². The molecule has 0 bridgehead atoms. The van der Waals surface area contributed by atoms with Crippen LogP contribution in [-0.2, 0) is 4.65 Å².